The average molecular weight is 415 g/mol. The van der Waals surface area contributed by atoms with Crippen LogP contribution in [0.25, 0.3) is 10.8 Å². The van der Waals surface area contributed by atoms with Gasteiger partial charge in [0, 0.05) is 10.4 Å². The number of thiophene rings is 1. The van der Waals surface area contributed by atoms with Gasteiger partial charge >= 0.3 is 0 Å². The Morgan fingerprint density at radius 1 is 1.25 bits per heavy atom. The molecule has 2 aromatic heterocycles. The Morgan fingerprint density at radius 2 is 2.14 bits per heavy atom. The third-order valence-corrected chi connectivity index (χ3v) is 7.01. The molecule has 144 valence electrons. The van der Waals surface area contributed by atoms with E-state index in [4.69, 9.17) is 13.9 Å². The van der Waals surface area contributed by atoms with E-state index >= 15 is 0 Å². The van der Waals surface area contributed by atoms with Gasteiger partial charge in [0.2, 0.25) is 6.79 Å². The van der Waals surface area contributed by atoms with Crippen LogP contribution >= 0.6 is 23.1 Å². The quantitative estimate of drug-likeness (QED) is 0.445. The van der Waals surface area contributed by atoms with E-state index in [1.165, 1.54) is 28.6 Å². The van der Waals surface area contributed by atoms with Crippen LogP contribution < -0.4 is 9.47 Å². The summed E-state index contributed by atoms with van der Waals surface area (Å²) in [6.07, 6.45) is 3.48. The van der Waals surface area contributed by atoms with E-state index in [1.807, 2.05) is 0 Å². The molecule has 0 spiro atoms. The lowest BCUT2D eigenvalue weighted by atomic mass is 9.90. The van der Waals surface area contributed by atoms with Crippen LogP contribution in [0.3, 0.4) is 0 Å². The van der Waals surface area contributed by atoms with E-state index < -0.39 is 0 Å². The minimum absolute atomic E-state index is 0.0244. The highest BCUT2D eigenvalue weighted by Gasteiger charge is 2.21. The van der Waals surface area contributed by atoms with Crippen LogP contribution in [0.5, 0.6) is 11.5 Å². The lowest BCUT2D eigenvalue weighted by Gasteiger charge is -2.16. The van der Waals surface area contributed by atoms with Gasteiger partial charge in [-0.3, -0.25) is 4.79 Å². The summed E-state index contributed by atoms with van der Waals surface area (Å²) >= 11 is 2.99. The third kappa shape index (κ3) is 3.42. The summed E-state index contributed by atoms with van der Waals surface area (Å²) in [5.41, 5.74) is 1.99. The second kappa shape index (κ2) is 7.25. The summed E-state index contributed by atoms with van der Waals surface area (Å²) in [5, 5.41) is 8.67. The molecule has 1 atom stereocenters. The second-order valence-electron chi connectivity index (χ2n) is 7.06. The molecular formula is C20H18N2O4S2. The number of benzene rings is 1. The van der Waals surface area contributed by atoms with Crippen molar-refractivity contribution in [3.8, 4) is 22.3 Å². The molecule has 0 bridgehead atoms. The first-order chi connectivity index (χ1) is 13.7. The summed E-state index contributed by atoms with van der Waals surface area (Å²) < 4.78 is 16.4. The number of hydrogen-bond donors (Lipinski definition) is 0. The standard InChI is InChI=1S/C20H18N2O4S2/c1-11-2-5-17-13(6-11)8-18(28-17)19-21-22-20(26-19)27-9-14(23)12-3-4-15-16(7-12)25-10-24-15/h3-4,7-8,11H,2,5-6,9-10H2,1H3/t11-/m0/s1. The molecule has 3 heterocycles. The lowest BCUT2D eigenvalue weighted by molar-refractivity contribution is 0.102. The van der Waals surface area contributed by atoms with Gasteiger partial charge in [0.25, 0.3) is 11.1 Å². The fraction of sp³-hybridized carbons (Fsp3) is 0.350. The zero-order valence-electron chi connectivity index (χ0n) is 15.3. The number of Topliss-reactive ketones (excluding diaryl/α,β-unsaturated/α-hetero) is 1. The summed E-state index contributed by atoms with van der Waals surface area (Å²) in [5.74, 6) is 2.73. The number of carbonyl (C=O) groups excluding carboxylic acids is 1. The molecule has 5 rings (SSSR count). The van der Waals surface area contributed by atoms with Crippen LogP contribution in [0.15, 0.2) is 33.9 Å². The van der Waals surface area contributed by atoms with Crippen LogP contribution in [0, 0.1) is 5.92 Å². The van der Waals surface area contributed by atoms with Crippen molar-refractivity contribution < 1.29 is 18.7 Å². The predicted octanol–water partition coefficient (Wildman–Crippen LogP) is 4.63. The number of thioether (sulfide) groups is 1. The molecule has 0 N–H and O–H groups in total. The van der Waals surface area contributed by atoms with E-state index in [9.17, 15) is 4.79 Å². The van der Waals surface area contributed by atoms with Crippen molar-refractivity contribution >= 4 is 28.9 Å². The van der Waals surface area contributed by atoms with E-state index in [2.05, 4.69) is 23.2 Å². The van der Waals surface area contributed by atoms with Crippen molar-refractivity contribution in [2.24, 2.45) is 5.92 Å². The van der Waals surface area contributed by atoms with Crippen LogP contribution in [0.1, 0.15) is 34.1 Å². The number of carbonyl (C=O) groups is 1. The maximum absolute atomic E-state index is 12.5. The molecule has 1 aliphatic heterocycles. The molecule has 0 radical (unpaired) electrons. The van der Waals surface area contributed by atoms with Gasteiger partial charge in [-0.2, -0.15) is 0 Å². The van der Waals surface area contributed by atoms with Gasteiger partial charge in [-0.25, -0.2) is 0 Å². The van der Waals surface area contributed by atoms with Gasteiger partial charge in [-0.1, -0.05) is 18.7 Å². The molecule has 0 saturated heterocycles. The number of aromatic nitrogens is 2. The zero-order valence-corrected chi connectivity index (χ0v) is 16.9. The minimum Gasteiger partial charge on any atom is -0.454 e. The summed E-state index contributed by atoms with van der Waals surface area (Å²) in [4.78, 5) is 14.9. The second-order valence-corrected chi connectivity index (χ2v) is 9.12. The van der Waals surface area contributed by atoms with Crippen molar-refractivity contribution in [2.75, 3.05) is 12.5 Å². The van der Waals surface area contributed by atoms with Crippen LogP contribution in [-0.2, 0) is 12.8 Å². The average Bonchev–Trinajstić information content (AvgIpc) is 3.43. The first-order valence-corrected chi connectivity index (χ1v) is 11.0. The molecule has 0 fully saturated rings. The van der Waals surface area contributed by atoms with Crippen molar-refractivity contribution in [1.82, 2.24) is 10.2 Å². The molecule has 28 heavy (non-hydrogen) atoms. The normalized spacial score (nSPS) is 17.5. The molecule has 8 heteroatoms. The molecule has 0 unspecified atom stereocenters. The van der Waals surface area contributed by atoms with E-state index in [1.54, 1.807) is 29.5 Å². The molecule has 1 aliphatic carbocycles. The van der Waals surface area contributed by atoms with Crippen LogP contribution in [0.4, 0.5) is 0 Å². The highest BCUT2D eigenvalue weighted by Crippen LogP contribution is 2.37. The first-order valence-electron chi connectivity index (χ1n) is 9.17. The van der Waals surface area contributed by atoms with Gasteiger partial charge in [0.05, 0.1) is 10.6 Å². The molecular weight excluding hydrogens is 396 g/mol. The predicted molar refractivity (Wildman–Crippen MR) is 106 cm³/mol. The molecule has 6 nitrogen and oxygen atoms in total. The van der Waals surface area contributed by atoms with Crippen LogP contribution in [0.2, 0.25) is 0 Å². The monoisotopic (exact) mass is 414 g/mol. The number of fused-ring (bicyclic) bond motifs is 2. The minimum atomic E-state index is -0.0244. The van der Waals surface area contributed by atoms with Gasteiger partial charge in [-0.05, 0) is 55.0 Å². The SMILES string of the molecule is C[C@H]1CCc2sc(-c3nnc(SCC(=O)c4ccc5c(c4)OCO5)o3)cc2C1. The Hall–Kier alpha value is -2.32. The topological polar surface area (TPSA) is 74.5 Å². The number of nitrogens with zero attached hydrogens (tertiary/aromatic N) is 2. The van der Waals surface area contributed by atoms with Gasteiger partial charge < -0.3 is 13.9 Å². The maximum Gasteiger partial charge on any atom is 0.277 e. The summed E-state index contributed by atoms with van der Waals surface area (Å²) in [7, 11) is 0. The van der Waals surface area contributed by atoms with Crippen molar-refractivity contribution in [3.05, 3.63) is 40.3 Å². The molecule has 0 amide bonds. The number of aryl methyl sites for hydroxylation is 1. The highest BCUT2D eigenvalue weighted by molar-refractivity contribution is 7.99. The molecule has 1 aromatic carbocycles. The number of ketones is 1. The Labute approximate surface area is 170 Å². The maximum atomic E-state index is 12.5. The Kier molecular flexibility index (Phi) is 4.60. The van der Waals surface area contributed by atoms with Crippen LogP contribution in [-0.4, -0.2) is 28.5 Å². The van der Waals surface area contributed by atoms with Gasteiger partial charge in [-0.15, -0.1) is 21.5 Å². The molecule has 3 aromatic rings. The van der Waals surface area contributed by atoms with Crippen molar-refractivity contribution in [2.45, 2.75) is 31.4 Å². The zero-order chi connectivity index (χ0) is 19.1. The number of rotatable bonds is 5. The highest BCUT2D eigenvalue weighted by atomic mass is 32.2. The van der Waals surface area contributed by atoms with E-state index in [-0.39, 0.29) is 18.3 Å². The number of hydrogen-bond acceptors (Lipinski definition) is 8. The largest absolute Gasteiger partial charge is 0.454 e. The Balaban J connectivity index is 1.25. The fourth-order valence-corrected chi connectivity index (χ4v) is 5.25. The smallest absolute Gasteiger partial charge is 0.277 e. The Bertz CT molecular complexity index is 1040. The number of ether oxygens (including phenoxy) is 2. The van der Waals surface area contributed by atoms with Gasteiger partial charge in [0.1, 0.15) is 0 Å². The third-order valence-electron chi connectivity index (χ3n) is 4.97. The fourth-order valence-electron chi connectivity index (χ4n) is 3.46. The van der Waals surface area contributed by atoms with E-state index in [0.29, 0.717) is 28.2 Å². The van der Waals surface area contributed by atoms with Crippen molar-refractivity contribution in [1.29, 1.82) is 0 Å². The van der Waals surface area contributed by atoms with E-state index in [0.717, 1.165) is 23.6 Å². The molecule has 2 aliphatic rings. The summed E-state index contributed by atoms with van der Waals surface area (Å²) in [6.45, 7) is 2.48. The Morgan fingerprint density at radius 3 is 3.07 bits per heavy atom. The lowest BCUT2D eigenvalue weighted by Crippen LogP contribution is -2.07. The molecule has 0 saturated carbocycles. The summed E-state index contributed by atoms with van der Waals surface area (Å²) in [6, 6.07) is 7.38. The van der Waals surface area contributed by atoms with Crippen molar-refractivity contribution in [3.63, 3.8) is 0 Å². The van der Waals surface area contributed by atoms with Gasteiger partial charge in [0.15, 0.2) is 17.3 Å². The first kappa shape index (κ1) is 17.8.